The Bertz CT molecular complexity index is 410. The summed E-state index contributed by atoms with van der Waals surface area (Å²) in [5, 5.41) is 7.71. The zero-order chi connectivity index (χ0) is 14.3. The molecule has 1 aromatic heterocycles. The topological polar surface area (TPSA) is 49.3 Å². The maximum atomic E-state index is 4.32. The van der Waals surface area contributed by atoms with Crippen LogP contribution in [0, 0.1) is 12.3 Å². The molecule has 0 saturated carbocycles. The molecule has 0 aliphatic heterocycles. The Hall–Kier alpha value is -0.370. The van der Waals surface area contributed by atoms with Crippen LogP contribution < -0.4 is 10.6 Å². The van der Waals surface area contributed by atoms with Crippen molar-refractivity contribution in [3.05, 3.63) is 16.1 Å². The van der Waals surface area contributed by atoms with E-state index in [-0.39, 0.29) is 24.0 Å². The Kier molecular flexibility index (Phi) is 9.37. The van der Waals surface area contributed by atoms with Crippen LogP contribution in [0.2, 0.25) is 0 Å². The van der Waals surface area contributed by atoms with Crippen LogP contribution in [-0.4, -0.2) is 24.5 Å². The van der Waals surface area contributed by atoms with Gasteiger partial charge in [-0.05, 0) is 25.2 Å². The fourth-order valence-electron chi connectivity index (χ4n) is 1.69. The number of guanidine groups is 1. The molecular weight excluding hydrogens is 383 g/mol. The minimum atomic E-state index is 0. The SMILES string of the molecule is CN=C(NCCCC(C)(C)C)NCc1ncc(C)s1.I. The Morgan fingerprint density at radius 2 is 2.05 bits per heavy atom. The number of halogens is 1. The highest BCUT2D eigenvalue weighted by molar-refractivity contribution is 14.0. The molecule has 6 heteroatoms. The summed E-state index contributed by atoms with van der Waals surface area (Å²) in [7, 11) is 1.80. The monoisotopic (exact) mass is 410 g/mol. The first-order chi connectivity index (χ1) is 8.90. The molecule has 0 radical (unpaired) electrons. The summed E-state index contributed by atoms with van der Waals surface area (Å²) >= 11 is 1.72. The van der Waals surface area contributed by atoms with Gasteiger partial charge in [-0.3, -0.25) is 4.99 Å². The Balaban J connectivity index is 0.00000361. The maximum absolute atomic E-state index is 4.32. The second-order valence-electron chi connectivity index (χ2n) is 5.88. The average molecular weight is 410 g/mol. The highest BCUT2D eigenvalue weighted by Crippen LogP contribution is 2.19. The molecule has 1 rings (SSSR count). The van der Waals surface area contributed by atoms with Crippen LogP contribution in [0.1, 0.15) is 43.5 Å². The van der Waals surface area contributed by atoms with E-state index in [1.54, 1.807) is 18.4 Å². The molecule has 0 amide bonds. The third-order valence-corrected chi connectivity index (χ3v) is 3.61. The van der Waals surface area contributed by atoms with Crippen molar-refractivity contribution >= 4 is 41.3 Å². The van der Waals surface area contributed by atoms with Crippen molar-refractivity contribution in [3.8, 4) is 0 Å². The second kappa shape index (κ2) is 9.55. The van der Waals surface area contributed by atoms with Gasteiger partial charge in [0.05, 0.1) is 6.54 Å². The predicted octanol–water partition coefficient (Wildman–Crippen LogP) is 3.56. The molecule has 116 valence electrons. The largest absolute Gasteiger partial charge is 0.356 e. The van der Waals surface area contributed by atoms with Crippen molar-refractivity contribution in [2.75, 3.05) is 13.6 Å². The first-order valence-corrected chi connectivity index (χ1v) is 7.58. The zero-order valence-electron chi connectivity index (χ0n) is 13.1. The van der Waals surface area contributed by atoms with Gasteiger partial charge in [0.15, 0.2) is 5.96 Å². The lowest BCUT2D eigenvalue weighted by atomic mass is 9.91. The number of thiazole rings is 1. The van der Waals surface area contributed by atoms with Crippen LogP contribution in [0.15, 0.2) is 11.2 Å². The van der Waals surface area contributed by atoms with Crippen molar-refractivity contribution in [2.45, 2.75) is 47.1 Å². The quantitative estimate of drug-likeness (QED) is 0.338. The van der Waals surface area contributed by atoms with E-state index in [0.717, 1.165) is 30.5 Å². The molecule has 0 aromatic carbocycles. The normalized spacial score (nSPS) is 11.9. The number of aliphatic imine (C=N–C) groups is 1. The molecule has 0 aliphatic carbocycles. The van der Waals surface area contributed by atoms with Crippen LogP contribution in [-0.2, 0) is 6.54 Å². The summed E-state index contributed by atoms with van der Waals surface area (Å²) in [5.41, 5.74) is 0.400. The Morgan fingerprint density at radius 3 is 2.55 bits per heavy atom. The van der Waals surface area contributed by atoms with Gasteiger partial charge in [-0.25, -0.2) is 4.98 Å². The summed E-state index contributed by atoms with van der Waals surface area (Å²) in [5.74, 6) is 0.849. The van der Waals surface area contributed by atoms with Gasteiger partial charge in [-0.1, -0.05) is 20.8 Å². The lowest BCUT2D eigenvalue weighted by Crippen LogP contribution is -2.37. The van der Waals surface area contributed by atoms with E-state index in [0.29, 0.717) is 5.41 Å². The first-order valence-electron chi connectivity index (χ1n) is 6.76. The highest BCUT2D eigenvalue weighted by atomic mass is 127. The van der Waals surface area contributed by atoms with Crippen molar-refractivity contribution in [2.24, 2.45) is 10.4 Å². The summed E-state index contributed by atoms with van der Waals surface area (Å²) in [6.45, 7) is 10.6. The van der Waals surface area contributed by atoms with E-state index in [2.05, 4.69) is 48.3 Å². The molecule has 20 heavy (non-hydrogen) atoms. The standard InChI is InChI=1S/C14H26N4S.HI/c1-11-9-17-12(19-11)10-18-13(15-5)16-8-6-7-14(2,3)4;/h9H,6-8,10H2,1-5H3,(H2,15,16,18);1H. The molecule has 0 spiro atoms. The number of hydrogen-bond acceptors (Lipinski definition) is 3. The van der Waals surface area contributed by atoms with Crippen LogP contribution in [0.3, 0.4) is 0 Å². The summed E-state index contributed by atoms with van der Waals surface area (Å²) in [6, 6.07) is 0. The van der Waals surface area contributed by atoms with E-state index in [1.165, 1.54) is 11.3 Å². The summed E-state index contributed by atoms with van der Waals surface area (Å²) in [4.78, 5) is 9.78. The minimum Gasteiger partial charge on any atom is -0.356 e. The van der Waals surface area contributed by atoms with Gasteiger partial charge in [0, 0.05) is 24.7 Å². The molecule has 0 bridgehead atoms. The highest BCUT2D eigenvalue weighted by Gasteiger charge is 2.09. The molecule has 1 heterocycles. The number of rotatable bonds is 5. The molecule has 2 N–H and O–H groups in total. The average Bonchev–Trinajstić information content (AvgIpc) is 2.73. The van der Waals surface area contributed by atoms with Gasteiger partial charge < -0.3 is 10.6 Å². The van der Waals surface area contributed by atoms with Crippen molar-refractivity contribution in [1.82, 2.24) is 15.6 Å². The zero-order valence-corrected chi connectivity index (χ0v) is 16.3. The van der Waals surface area contributed by atoms with Crippen molar-refractivity contribution < 1.29 is 0 Å². The lowest BCUT2D eigenvalue weighted by molar-refractivity contribution is 0.365. The van der Waals surface area contributed by atoms with E-state index in [1.807, 2.05) is 6.20 Å². The molecule has 0 unspecified atom stereocenters. The number of nitrogens with zero attached hydrogens (tertiary/aromatic N) is 2. The van der Waals surface area contributed by atoms with Gasteiger partial charge in [0.2, 0.25) is 0 Å². The molecule has 1 aromatic rings. The Morgan fingerprint density at radius 1 is 1.35 bits per heavy atom. The van der Waals surface area contributed by atoms with E-state index < -0.39 is 0 Å². The lowest BCUT2D eigenvalue weighted by Gasteiger charge is -2.18. The first kappa shape index (κ1) is 19.6. The predicted molar refractivity (Wildman–Crippen MR) is 99.2 cm³/mol. The third kappa shape index (κ3) is 8.73. The number of hydrogen-bond donors (Lipinski definition) is 2. The molecular formula is C14H27IN4S. The summed E-state index contributed by atoms with van der Waals surface area (Å²) in [6.07, 6.45) is 4.27. The van der Waals surface area contributed by atoms with Gasteiger partial charge >= 0.3 is 0 Å². The van der Waals surface area contributed by atoms with Gasteiger partial charge in [-0.2, -0.15) is 0 Å². The molecule has 0 atom stereocenters. The third-order valence-electron chi connectivity index (χ3n) is 2.70. The maximum Gasteiger partial charge on any atom is 0.191 e. The fraction of sp³-hybridized carbons (Fsp3) is 0.714. The van der Waals surface area contributed by atoms with Gasteiger partial charge in [-0.15, -0.1) is 35.3 Å². The molecule has 0 saturated heterocycles. The number of nitrogens with one attached hydrogen (secondary N) is 2. The Labute approximate surface area is 143 Å². The summed E-state index contributed by atoms with van der Waals surface area (Å²) < 4.78 is 0. The molecule has 0 aliphatic rings. The smallest absolute Gasteiger partial charge is 0.191 e. The van der Waals surface area contributed by atoms with Crippen molar-refractivity contribution in [1.29, 1.82) is 0 Å². The van der Waals surface area contributed by atoms with Gasteiger partial charge in [0.1, 0.15) is 5.01 Å². The van der Waals surface area contributed by atoms with Crippen LogP contribution in [0.4, 0.5) is 0 Å². The van der Waals surface area contributed by atoms with E-state index in [4.69, 9.17) is 0 Å². The fourth-order valence-corrected chi connectivity index (χ4v) is 2.42. The number of aromatic nitrogens is 1. The molecule has 0 fully saturated rings. The van der Waals surface area contributed by atoms with Crippen LogP contribution >= 0.6 is 35.3 Å². The van der Waals surface area contributed by atoms with E-state index in [9.17, 15) is 0 Å². The van der Waals surface area contributed by atoms with Crippen molar-refractivity contribution in [3.63, 3.8) is 0 Å². The van der Waals surface area contributed by atoms with E-state index >= 15 is 0 Å². The van der Waals surface area contributed by atoms with Crippen LogP contribution in [0.25, 0.3) is 0 Å². The van der Waals surface area contributed by atoms with Gasteiger partial charge in [0.25, 0.3) is 0 Å². The second-order valence-corrected chi connectivity index (χ2v) is 7.20. The minimum absolute atomic E-state index is 0. The molecule has 4 nitrogen and oxygen atoms in total. The number of aryl methyl sites for hydroxylation is 1. The van der Waals surface area contributed by atoms with Crippen LogP contribution in [0.5, 0.6) is 0 Å².